The Hall–Kier alpha value is -2.00. The van der Waals surface area contributed by atoms with Crippen LogP contribution in [0, 0.1) is 0 Å². The van der Waals surface area contributed by atoms with E-state index in [4.69, 9.17) is 11.6 Å². The Balaban J connectivity index is 2.29. The van der Waals surface area contributed by atoms with Crippen LogP contribution in [0.2, 0.25) is 5.02 Å². The lowest BCUT2D eigenvalue weighted by atomic mass is 9.92. The number of phenolic OH excluding ortho intramolecular Hbond substituents is 1. The monoisotopic (exact) mass is 276 g/mol. The third kappa shape index (κ3) is 3.26. The van der Waals surface area contributed by atoms with Gasteiger partial charge in [0, 0.05) is 5.02 Å². The number of hydrogen-bond donors (Lipinski definition) is 2. The molecule has 0 aliphatic rings. The first-order valence-corrected chi connectivity index (χ1v) is 6.21. The summed E-state index contributed by atoms with van der Waals surface area (Å²) >= 11 is 6.05. The Morgan fingerprint density at radius 2 is 1.74 bits per heavy atom. The van der Waals surface area contributed by atoms with Crippen molar-refractivity contribution >= 4 is 17.6 Å². The summed E-state index contributed by atoms with van der Waals surface area (Å²) in [5.74, 6) is -1.45. The Morgan fingerprint density at radius 1 is 1.11 bits per heavy atom. The van der Waals surface area contributed by atoms with Gasteiger partial charge in [-0.2, -0.15) is 0 Å². The SMILES string of the molecule is O=C(O)C(Cc1ccc(O)cc1)c1ccccc1Cl. The Labute approximate surface area is 116 Å². The number of phenols is 1. The van der Waals surface area contributed by atoms with Crippen molar-refractivity contribution in [3.63, 3.8) is 0 Å². The van der Waals surface area contributed by atoms with E-state index >= 15 is 0 Å². The van der Waals surface area contributed by atoms with Gasteiger partial charge in [-0.3, -0.25) is 4.79 Å². The zero-order chi connectivity index (χ0) is 13.8. The summed E-state index contributed by atoms with van der Waals surface area (Å²) in [5, 5.41) is 19.0. The fourth-order valence-electron chi connectivity index (χ4n) is 1.96. The maximum Gasteiger partial charge on any atom is 0.311 e. The van der Waals surface area contributed by atoms with Crippen LogP contribution in [0.15, 0.2) is 48.5 Å². The Bertz CT molecular complexity index is 578. The molecule has 0 aromatic heterocycles. The van der Waals surface area contributed by atoms with E-state index in [1.807, 2.05) is 0 Å². The normalized spacial score (nSPS) is 12.1. The number of hydrogen-bond acceptors (Lipinski definition) is 2. The predicted octanol–water partition coefficient (Wildman–Crippen LogP) is 3.46. The second-order valence-corrected chi connectivity index (χ2v) is 4.69. The van der Waals surface area contributed by atoms with Crippen molar-refractivity contribution in [1.82, 2.24) is 0 Å². The van der Waals surface area contributed by atoms with Gasteiger partial charge in [0.1, 0.15) is 5.75 Å². The van der Waals surface area contributed by atoms with Gasteiger partial charge in [-0.1, -0.05) is 41.9 Å². The minimum absolute atomic E-state index is 0.161. The van der Waals surface area contributed by atoms with Crippen LogP contribution in [0.25, 0.3) is 0 Å². The fraction of sp³-hybridized carbons (Fsp3) is 0.133. The average molecular weight is 277 g/mol. The number of carboxylic acids is 1. The van der Waals surface area contributed by atoms with Crippen LogP contribution in [0.1, 0.15) is 17.0 Å². The highest BCUT2D eigenvalue weighted by atomic mass is 35.5. The van der Waals surface area contributed by atoms with Crippen molar-refractivity contribution in [3.8, 4) is 5.75 Å². The van der Waals surface area contributed by atoms with Gasteiger partial charge in [0.15, 0.2) is 0 Å². The molecular formula is C15H13ClO3. The van der Waals surface area contributed by atoms with Crippen molar-refractivity contribution in [2.45, 2.75) is 12.3 Å². The van der Waals surface area contributed by atoms with E-state index in [1.54, 1.807) is 48.5 Å². The van der Waals surface area contributed by atoms with E-state index in [0.29, 0.717) is 17.0 Å². The number of aromatic hydroxyl groups is 1. The maximum atomic E-state index is 11.4. The summed E-state index contributed by atoms with van der Waals surface area (Å²) in [6.45, 7) is 0. The zero-order valence-electron chi connectivity index (χ0n) is 10.1. The lowest BCUT2D eigenvalue weighted by Gasteiger charge is -2.14. The summed E-state index contributed by atoms with van der Waals surface area (Å²) in [4.78, 5) is 11.4. The molecule has 1 atom stereocenters. The molecule has 0 aliphatic heterocycles. The van der Waals surface area contributed by atoms with E-state index in [-0.39, 0.29) is 5.75 Å². The van der Waals surface area contributed by atoms with Gasteiger partial charge in [-0.25, -0.2) is 0 Å². The number of carbonyl (C=O) groups is 1. The fourth-order valence-corrected chi connectivity index (χ4v) is 2.22. The molecule has 0 radical (unpaired) electrons. The molecule has 0 amide bonds. The van der Waals surface area contributed by atoms with Crippen LogP contribution in [-0.2, 0) is 11.2 Å². The third-order valence-corrected chi connectivity index (χ3v) is 3.30. The molecule has 19 heavy (non-hydrogen) atoms. The van der Waals surface area contributed by atoms with Crippen molar-refractivity contribution in [3.05, 3.63) is 64.7 Å². The second kappa shape index (κ2) is 5.76. The van der Waals surface area contributed by atoms with Gasteiger partial charge in [0.25, 0.3) is 0 Å². The standard InChI is InChI=1S/C15H13ClO3/c16-14-4-2-1-3-12(14)13(15(18)19)9-10-5-7-11(17)8-6-10/h1-8,13,17H,9H2,(H,18,19). The molecule has 0 spiro atoms. The summed E-state index contributed by atoms with van der Waals surface area (Å²) in [7, 11) is 0. The topological polar surface area (TPSA) is 57.5 Å². The first-order chi connectivity index (χ1) is 9.08. The number of aliphatic carboxylic acids is 1. The molecular weight excluding hydrogens is 264 g/mol. The number of halogens is 1. The lowest BCUT2D eigenvalue weighted by Crippen LogP contribution is -2.14. The van der Waals surface area contributed by atoms with Gasteiger partial charge in [-0.05, 0) is 35.7 Å². The number of benzene rings is 2. The first-order valence-electron chi connectivity index (χ1n) is 5.83. The summed E-state index contributed by atoms with van der Waals surface area (Å²) in [5.41, 5.74) is 1.44. The average Bonchev–Trinajstić information content (AvgIpc) is 2.39. The molecule has 4 heteroatoms. The first kappa shape index (κ1) is 13.4. The molecule has 0 heterocycles. The summed E-state index contributed by atoms with van der Waals surface area (Å²) < 4.78 is 0. The summed E-state index contributed by atoms with van der Waals surface area (Å²) in [6.07, 6.45) is 0.333. The quantitative estimate of drug-likeness (QED) is 0.899. The van der Waals surface area contributed by atoms with Gasteiger partial charge >= 0.3 is 5.97 Å². The van der Waals surface area contributed by atoms with Crippen LogP contribution in [-0.4, -0.2) is 16.2 Å². The van der Waals surface area contributed by atoms with Gasteiger partial charge in [0.2, 0.25) is 0 Å². The predicted molar refractivity (Wildman–Crippen MR) is 73.6 cm³/mol. The molecule has 2 N–H and O–H groups in total. The van der Waals surface area contributed by atoms with Crippen LogP contribution in [0.5, 0.6) is 5.75 Å². The molecule has 2 rings (SSSR count). The third-order valence-electron chi connectivity index (χ3n) is 2.95. The molecule has 0 aliphatic carbocycles. The molecule has 2 aromatic rings. The Kier molecular flexibility index (Phi) is 4.07. The molecule has 3 nitrogen and oxygen atoms in total. The highest BCUT2D eigenvalue weighted by Crippen LogP contribution is 2.28. The minimum Gasteiger partial charge on any atom is -0.508 e. The van der Waals surface area contributed by atoms with Crippen molar-refractivity contribution in [2.24, 2.45) is 0 Å². The van der Waals surface area contributed by atoms with E-state index in [0.717, 1.165) is 5.56 Å². The van der Waals surface area contributed by atoms with E-state index in [2.05, 4.69) is 0 Å². The number of carboxylic acid groups (broad SMARTS) is 1. The van der Waals surface area contributed by atoms with E-state index in [1.165, 1.54) is 0 Å². The smallest absolute Gasteiger partial charge is 0.311 e. The second-order valence-electron chi connectivity index (χ2n) is 4.28. The molecule has 0 bridgehead atoms. The molecule has 1 unspecified atom stereocenters. The number of rotatable bonds is 4. The van der Waals surface area contributed by atoms with Crippen molar-refractivity contribution < 1.29 is 15.0 Å². The minimum atomic E-state index is -0.916. The largest absolute Gasteiger partial charge is 0.508 e. The van der Waals surface area contributed by atoms with Crippen LogP contribution in [0.3, 0.4) is 0 Å². The lowest BCUT2D eigenvalue weighted by molar-refractivity contribution is -0.138. The van der Waals surface area contributed by atoms with Crippen LogP contribution < -0.4 is 0 Å². The molecule has 0 saturated heterocycles. The molecule has 2 aromatic carbocycles. The van der Waals surface area contributed by atoms with Crippen LogP contribution in [0.4, 0.5) is 0 Å². The van der Waals surface area contributed by atoms with E-state index < -0.39 is 11.9 Å². The Morgan fingerprint density at radius 3 is 2.32 bits per heavy atom. The highest BCUT2D eigenvalue weighted by Gasteiger charge is 2.22. The molecule has 98 valence electrons. The van der Waals surface area contributed by atoms with Gasteiger partial charge in [0.05, 0.1) is 5.92 Å². The van der Waals surface area contributed by atoms with Crippen molar-refractivity contribution in [1.29, 1.82) is 0 Å². The maximum absolute atomic E-state index is 11.4. The highest BCUT2D eigenvalue weighted by molar-refractivity contribution is 6.31. The van der Waals surface area contributed by atoms with E-state index in [9.17, 15) is 15.0 Å². The van der Waals surface area contributed by atoms with Crippen molar-refractivity contribution in [2.75, 3.05) is 0 Å². The van der Waals surface area contributed by atoms with Crippen LogP contribution >= 0.6 is 11.6 Å². The molecule has 0 saturated carbocycles. The summed E-state index contributed by atoms with van der Waals surface area (Å²) in [6, 6.07) is 13.5. The zero-order valence-corrected chi connectivity index (χ0v) is 10.8. The van der Waals surface area contributed by atoms with Gasteiger partial charge in [-0.15, -0.1) is 0 Å². The van der Waals surface area contributed by atoms with Gasteiger partial charge < -0.3 is 10.2 Å². The molecule has 0 fully saturated rings.